The third kappa shape index (κ3) is 3.79. The lowest BCUT2D eigenvalue weighted by atomic mass is 9.93. The van der Waals surface area contributed by atoms with E-state index in [0.29, 0.717) is 18.1 Å². The predicted octanol–water partition coefficient (Wildman–Crippen LogP) is 2.00. The number of rotatable bonds is 4. The van der Waals surface area contributed by atoms with Gasteiger partial charge >= 0.3 is 0 Å². The van der Waals surface area contributed by atoms with E-state index in [4.69, 9.17) is 0 Å². The highest BCUT2D eigenvalue weighted by molar-refractivity contribution is 7.85. The third-order valence-corrected chi connectivity index (χ3v) is 6.50. The van der Waals surface area contributed by atoms with Gasteiger partial charge < -0.3 is 5.32 Å². The Morgan fingerprint density at radius 2 is 2.00 bits per heavy atom. The second-order valence-electron chi connectivity index (χ2n) is 6.24. The molecule has 2 saturated heterocycles. The maximum atomic E-state index is 11.5. The Balaban J connectivity index is 1.99. The van der Waals surface area contributed by atoms with Crippen LogP contribution in [-0.2, 0) is 10.8 Å². The van der Waals surface area contributed by atoms with Gasteiger partial charge in [0, 0.05) is 53.5 Å². The zero-order valence-corrected chi connectivity index (χ0v) is 13.5. The van der Waals surface area contributed by atoms with Gasteiger partial charge in [0.2, 0.25) is 0 Å². The Morgan fingerprint density at radius 3 is 2.58 bits per heavy atom. The lowest BCUT2D eigenvalue weighted by Gasteiger charge is -2.47. The van der Waals surface area contributed by atoms with Crippen molar-refractivity contribution in [3.63, 3.8) is 0 Å². The van der Waals surface area contributed by atoms with Crippen molar-refractivity contribution >= 4 is 10.8 Å². The van der Waals surface area contributed by atoms with Crippen molar-refractivity contribution in [2.45, 2.75) is 64.6 Å². The molecule has 1 N–H and O–H groups in total. The molecule has 2 rings (SSSR count). The van der Waals surface area contributed by atoms with Gasteiger partial charge in [-0.05, 0) is 25.2 Å². The Bertz CT molecular complexity index is 301. The molecule has 0 saturated carbocycles. The van der Waals surface area contributed by atoms with E-state index in [0.717, 1.165) is 36.8 Å². The highest BCUT2D eigenvalue weighted by atomic mass is 32.2. The van der Waals surface area contributed by atoms with Crippen molar-refractivity contribution in [2.75, 3.05) is 24.6 Å². The van der Waals surface area contributed by atoms with Gasteiger partial charge in [0.05, 0.1) is 0 Å². The fourth-order valence-corrected chi connectivity index (χ4v) is 4.72. The maximum Gasteiger partial charge on any atom is 0.0249 e. The number of hydrogen-bond acceptors (Lipinski definition) is 3. The minimum atomic E-state index is -0.540. The largest absolute Gasteiger partial charge is 0.311 e. The molecule has 0 amide bonds. The van der Waals surface area contributed by atoms with Crippen LogP contribution in [0.25, 0.3) is 0 Å². The van der Waals surface area contributed by atoms with Crippen LogP contribution in [0.3, 0.4) is 0 Å². The molecule has 0 aromatic carbocycles. The maximum absolute atomic E-state index is 11.5. The summed E-state index contributed by atoms with van der Waals surface area (Å²) >= 11 is 0. The monoisotopic (exact) mass is 286 g/mol. The van der Waals surface area contributed by atoms with Crippen LogP contribution in [-0.4, -0.2) is 51.8 Å². The fraction of sp³-hybridized carbons (Fsp3) is 1.00. The number of nitrogens with zero attached hydrogens (tertiary/aromatic N) is 1. The first kappa shape index (κ1) is 15.5. The summed E-state index contributed by atoms with van der Waals surface area (Å²) in [5, 5.41) is 3.75. The summed E-state index contributed by atoms with van der Waals surface area (Å²) in [6, 6.07) is 1.99. The Hall–Kier alpha value is 0.0700. The average Bonchev–Trinajstić information content (AvgIpc) is 2.46. The standard InChI is InChI=1S/C15H30N2OS/c1-4-12(3)15-11-17(13(5-2)10-16-15)14-6-8-19(18)9-7-14/h12-16H,4-11H2,1-3H3. The summed E-state index contributed by atoms with van der Waals surface area (Å²) < 4.78 is 11.5. The van der Waals surface area contributed by atoms with Crippen molar-refractivity contribution in [1.29, 1.82) is 0 Å². The topological polar surface area (TPSA) is 32.3 Å². The first-order chi connectivity index (χ1) is 9.15. The SMILES string of the molecule is CCC(C)C1CN(C2CCS(=O)CC2)C(CC)CN1. The van der Waals surface area contributed by atoms with E-state index in [1.165, 1.54) is 19.4 Å². The van der Waals surface area contributed by atoms with Crippen LogP contribution >= 0.6 is 0 Å². The van der Waals surface area contributed by atoms with Crippen molar-refractivity contribution < 1.29 is 4.21 Å². The molecule has 3 atom stereocenters. The van der Waals surface area contributed by atoms with Crippen molar-refractivity contribution in [3.05, 3.63) is 0 Å². The summed E-state index contributed by atoms with van der Waals surface area (Å²) in [6.07, 6.45) is 4.74. The van der Waals surface area contributed by atoms with Crippen LogP contribution in [0.4, 0.5) is 0 Å². The summed E-state index contributed by atoms with van der Waals surface area (Å²) in [5.41, 5.74) is 0. The molecule has 0 aromatic heterocycles. The quantitative estimate of drug-likeness (QED) is 0.858. The molecule has 2 aliphatic heterocycles. The molecule has 3 nitrogen and oxygen atoms in total. The van der Waals surface area contributed by atoms with Crippen molar-refractivity contribution in [1.82, 2.24) is 10.2 Å². The molecule has 112 valence electrons. The summed E-state index contributed by atoms with van der Waals surface area (Å²) in [4.78, 5) is 2.74. The molecule has 19 heavy (non-hydrogen) atoms. The normalized spacial score (nSPS) is 39.1. The molecule has 2 aliphatic rings. The average molecular weight is 286 g/mol. The first-order valence-corrected chi connectivity index (χ1v) is 9.48. The van der Waals surface area contributed by atoms with E-state index >= 15 is 0 Å². The van der Waals surface area contributed by atoms with Crippen LogP contribution in [0.5, 0.6) is 0 Å². The zero-order valence-electron chi connectivity index (χ0n) is 12.7. The minimum absolute atomic E-state index is 0.540. The highest BCUT2D eigenvalue weighted by Gasteiger charge is 2.34. The molecule has 2 fully saturated rings. The third-order valence-electron chi connectivity index (χ3n) is 5.12. The summed E-state index contributed by atoms with van der Waals surface area (Å²) in [6.45, 7) is 9.25. The Kier molecular flexibility index (Phi) is 5.85. The van der Waals surface area contributed by atoms with E-state index in [1.807, 2.05) is 0 Å². The van der Waals surface area contributed by atoms with Crippen molar-refractivity contribution in [3.8, 4) is 0 Å². The lowest BCUT2D eigenvalue weighted by Crippen LogP contribution is -2.61. The fourth-order valence-electron chi connectivity index (χ4n) is 3.45. The van der Waals surface area contributed by atoms with Crippen LogP contribution in [0, 0.1) is 5.92 Å². The van der Waals surface area contributed by atoms with Gasteiger partial charge in [-0.15, -0.1) is 0 Å². The number of hydrogen-bond donors (Lipinski definition) is 1. The first-order valence-electron chi connectivity index (χ1n) is 7.99. The van der Waals surface area contributed by atoms with Gasteiger partial charge in [-0.25, -0.2) is 0 Å². The number of piperazine rings is 1. The van der Waals surface area contributed by atoms with Crippen LogP contribution in [0.2, 0.25) is 0 Å². The van der Waals surface area contributed by atoms with E-state index in [2.05, 4.69) is 31.0 Å². The molecule has 0 aromatic rings. The smallest absolute Gasteiger partial charge is 0.0249 e. The van der Waals surface area contributed by atoms with Gasteiger partial charge in [-0.3, -0.25) is 9.11 Å². The van der Waals surface area contributed by atoms with Gasteiger partial charge in [-0.1, -0.05) is 27.2 Å². The predicted molar refractivity (Wildman–Crippen MR) is 82.9 cm³/mol. The Labute approximate surface area is 121 Å². The molecule has 0 bridgehead atoms. The van der Waals surface area contributed by atoms with E-state index in [9.17, 15) is 4.21 Å². The molecular weight excluding hydrogens is 256 g/mol. The molecule has 4 heteroatoms. The van der Waals surface area contributed by atoms with E-state index in [-0.39, 0.29) is 0 Å². The molecule has 3 unspecified atom stereocenters. The molecule has 2 heterocycles. The Morgan fingerprint density at radius 1 is 1.32 bits per heavy atom. The zero-order chi connectivity index (χ0) is 13.8. The van der Waals surface area contributed by atoms with E-state index in [1.54, 1.807) is 0 Å². The van der Waals surface area contributed by atoms with Gasteiger partial charge in [-0.2, -0.15) is 0 Å². The highest BCUT2D eigenvalue weighted by Crippen LogP contribution is 2.24. The molecule has 0 aliphatic carbocycles. The minimum Gasteiger partial charge on any atom is -0.311 e. The lowest BCUT2D eigenvalue weighted by molar-refractivity contribution is 0.0598. The summed E-state index contributed by atoms with van der Waals surface area (Å²) in [7, 11) is -0.540. The second kappa shape index (κ2) is 7.19. The van der Waals surface area contributed by atoms with Gasteiger partial charge in [0.1, 0.15) is 0 Å². The van der Waals surface area contributed by atoms with E-state index < -0.39 is 10.8 Å². The van der Waals surface area contributed by atoms with Gasteiger partial charge in [0.25, 0.3) is 0 Å². The van der Waals surface area contributed by atoms with Crippen LogP contribution < -0.4 is 5.32 Å². The van der Waals surface area contributed by atoms with Crippen molar-refractivity contribution in [2.24, 2.45) is 5.92 Å². The number of nitrogens with one attached hydrogen (secondary N) is 1. The van der Waals surface area contributed by atoms with Gasteiger partial charge in [0.15, 0.2) is 0 Å². The molecule has 0 radical (unpaired) electrons. The molecule has 0 spiro atoms. The molecular formula is C15H30N2OS. The second-order valence-corrected chi connectivity index (χ2v) is 7.93. The van der Waals surface area contributed by atoms with Crippen LogP contribution in [0.15, 0.2) is 0 Å². The van der Waals surface area contributed by atoms with Crippen LogP contribution in [0.1, 0.15) is 46.5 Å². The summed E-state index contributed by atoms with van der Waals surface area (Å²) in [5.74, 6) is 2.58.